The van der Waals surface area contributed by atoms with Gasteiger partial charge in [0.1, 0.15) is 0 Å². The van der Waals surface area contributed by atoms with Gasteiger partial charge >= 0.3 is 5.97 Å². The molecule has 0 spiro atoms. The van der Waals surface area contributed by atoms with Gasteiger partial charge < -0.3 is 10.00 Å². The van der Waals surface area contributed by atoms with Gasteiger partial charge in [-0.25, -0.2) is 0 Å². The summed E-state index contributed by atoms with van der Waals surface area (Å²) in [5, 5.41) is 12.4. The van der Waals surface area contributed by atoms with Crippen molar-refractivity contribution in [3.8, 4) is 0 Å². The van der Waals surface area contributed by atoms with E-state index in [4.69, 9.17) is 0 Å². The molecule has 0 heterocycles. The zero-order chi connectivity index (χ0) is 23.8. The number of rotatable bonds is 12. The lowest BCUT2D eigenvalue weighted by molar-refractivity contribution is -0.142. The van der Waals surface area contributed by atoms with E-state index in [1.807, 2.05) is 61.5 Å². The van der Waals surface area contributed by atoms with E-state index >= 15 is 0 Å². The summed E-state index contributed by atoms with van der Waals surface area (Å²) < 4.78 is 13.6. The number of unbranched alkanes of at least 4 members (excludes halogenated alkanes) is 2. The number of hydrogen-bond acceptors (Lipinski definition) is 2. The van der Waals surface area contributed by atoms with Gasteiger partial charge in [0.2, 0.25) is 7.37 Å². The van der Waals surface area contributed by atoms with Gasteiger partial charge in [-0.2, -0.15) is 0 Å². The predicted octanol–water partition coefficient (Wildman–Crippen LogP) is 7.45. The summed E-state index contributed by atoms with van der Waals surface area (Å²) in [7, 11) is -3.75. The molecule has 2 N–H and O–H groups in total. The monoisotopic (exact) mass is 466 g/mol. The summed E-state index contributed by atoms with van der Waals surface area (Å²) in [5.41, 5.74) is 1.09. The van der Waals surface area contributed by atoms with Crippen LogP contribution < -0.4 is 0 Å². The molecule has 3 aromatic rings. The summed E-state index contributed by atoms with van der Waals surface area (Å²) in [6.45, 7) is 4.11. The second-order valence-corrected chi connectivity index (χ2v) is 11.6. The standard InChI is InChI=1S/C28H35O4P/c1-3-4-6-18-27(33(31,32)20-22-12-7-5-8-13-22)26(28(29)30)19-21(2)24-17-11-15-23-14-9-10-16-25(23)24/h5,7-17,21,26-27H,3-4,6,18-20H2,1-2H3,(H,29,30)(H,31,32). The molecule has 4 atom stereocenters. The maximum Gasteiger partial charge on any atom is 0.307 e. The van der Waals surface area contributed by atoms with Gasteiger partial charge in [0.05, 0.1) is 5.92 Å². The molecule has 4 nitrogen and oxygen atoms in total. The van der Waals surface area contributed by atoms with Crippen LogP contribution in [0.5, 0.6) is 0 Å². The molecule has 4 unspecified atom stereocenters. The zero-order valence-electron chi connectivity index (χ0n) is 19.6. The lowest BCUT2D eigenvalue weighted by atomic mass is 9.85. The van der Waals surface area contributed by atoms with Crippen LogP contribution in [0.15, 0.2) is 72.8 Å². The van der Waals surface area contributed by atoms with Crippen molar-refractivity contribution in [1.29, 1.82) is 0 Å². The smallest absolute Gasteiger partial charge is 0.307 e. The van der Waals surface area contributed by atoms with Crippen LogP contribution in [-0.2, 0) is 15.5 Å². The Morgan fingerprint density at radius 2 is 1.61 bits per heavy atom. The van der Waals surface area contributed by atoms with E-state index in [9.17, 15) is 19.4 Å². The highest BCUT2D eigenvalue weighted by molar-refractivity contribution is 7.58. The van der Waals surface area contributed by atoms with Gasteiger partial charge in [0.25, 0.3) is 0 Å². The van der Waals surface area contributed by atoms with E-state index in [0.717, 1.165) is 41.2 Å². The van der Waals surface area contributed by atoms with Gasteiger partial charge in [-0.05, 0) is 40.7 Å². The lowest BCUT2D eigenvalue weighted by Crippen LogP contribution is -2.30. The maximum atomic E-state index is 13.6. The first kappa shape index (κ1) is 25.2. The van der Waals surface area contributed by atoms with Crippen LogP contribution in [0.4, 0.5) is 0 Å². The Kier molecular flexibility index (Phi) is 8.88. The average molecular weight is 467 g/mol. The van der Waals surface area contributed by atoms with Crippen molar-refractivity contribution in [3.05, 3.63) is 83.9 Å². The first-order chi connectivity index (χ1) is 15.8. The molecule has 33 heavy (non-hydrogen) atoms. The molecular formula is C28H35O4P. The molecule has 0 aliphatic heterocycles. The molecule has 3 rings (SSSR count). The van der Waals surface area contributed by atoms with E-state index in [-0.39, 0.29) is 12.1 Å². The predicted molar refractivity (Wildman–Crippen MR) is 136 cm³/mol. The number of benzene rings is 3. The third kappa shape index (κ3) is 6.56. The van der Waals surface area contributed by atoms with Gasteiger partial charge in [-0.15, -0.1) is 0 Å². The van der Waals surface area contributed by atoms with Crippen molar-refractivity contribution in [2.45, 2.75) is 63.7 Å². The Morgan fingerprint density at radius 3 is 2.30 bits per heavy atom. The van der Waals surface area contributed by atoms with Crippen molar-refractivity contribution in [2.24, 2.45) is 5.92 Å². The van der Waals surface area contributed by atoms with Crippen molar-refractivity contribution >= 4 is 24.1 Å². The molecule has 0 saturated carbocycles. The Morgan fingerprint density at radius 1 is 0.939 bits per heavy atom. The van der Waals surface area contributed by atoms with Gasteiger partial charge in [-0.3, -0.25) is 9.36 Å². The highest BCUT2D eigenvalue weighted by atomic mass is 31.2. The average Bonchev–Trinajstić information content (AvgIpc) is 2.80. The zero-order valence-corrected chi connectivity index (χ0v) is 20.5. The summed E-state index contributed by atoms with van der Waals surface area (Å²) in [6.07, 6.45) is 3.45. The van der Waals surface area contributed by atoms with Crippen LogP contribution in [0.3, 0.4) is 0 Å². The Hall–Kier alpha value is -2.42. The highest BCUT2D eigenvalue weighted by Crippen LogP contribution is 2.55. The number of carboxylic acid groups (broad SMARTS) is 1. The lowest BCUT2D eigenvalue weighted by Gasteiger charge is -2.30. The van der Waals surface area contributed by atoms with Crippen LogP contribution in [-0.4, -0.2) is 21.6 Å². The summed E-state index contributed by atoms with van der Waals surface area (Å²) in [5.74, 6) is -1.91. The van der Waals surface area contributed by atoms with E-state index in [1.54, 1.807) is 0 Å². The number of fused-ring (bicyclic) bond motifs is 1. The van der Waals surface area contributed by atoms with Crippen LogP contribution in [0, 0.1) is 5.92 Å². The molecular weight excluding hydrogens is 431 g/mol. The summed E-state index contributed by atoms with van der Waals surface area (Å²) >= 11 is 0. The van der Waals surface area contributed by atoms with Crippen molar-refractivity contribution < 1.29 is 19.4 Å². The molecule has 5 heteroatoms. The molecule has 0 saturated heterocycles. The Labute approximate surface area is 197 Å². The quantitative estimate of drug-likeness (QED) is 0.215. The van der Waals surface area contributed by atoms with Crippen LogP contribution in [0.2, 0.25) is 0 Å². The maximum absolute atomic E-state index is 13.6. The summed E-state index contributed by atoms with van der Waals surface area (Å²) in [4.78, 5) is 23.7. The number of carboxylic acids is 1. The molecule has 3 aromatic carbocycles. The van der Waals surface area contributed by atoms with E-state index < -0.39 is 24.9 Å². The fourth-order valence-corrected chi connectivity index (χ4v) is 7.23. The number of aliphatic carboxylic acids is 1. The molecule has 0 bridgehead atoms. The van der Waals surface area contributed by atoms with Gasteiger partial charge in [-0.1, -0.05) is 106 Å². The number of carbonyl (C=O) groups is 1. The molecule has 176 valence electrons. The molecule has 0 aliphatic rings. The molecule has 0 aliphatic carbocycles. The SMILES string of the molecule is CCCCCC(C(CC(C)c1cccc2ccccc12)C(=O)O)P(=O)(O)Cc1ccccc1. The van der Waals surface area contributed by atoms with Gasteiger partial charge in [0, 0.05) is 11.8 Å². The Balaban J connectivity index is 1.91. The number of hydrogen-bond donors (Lipinski definition) is 2. The minimum Gasteiger partial charge on any atom is -0.481 e. The van der Waals surface area contributed by atoms with E-state index in [0.29, 0.717) is 12.8 Å². The highest BCUT2D eigenvalue weighted by Gasteiger charge is 2.41. The molecule has 0 fully saturated rings. The second kappa shape index (κ2) is 11.6. The largest absolute Gasteiger partial charge is 0.481 e. The van der Waals surface area contributed by atoms with E-state index in [1.165, 1.54) is 0 Å². The van der Waals surface area contributed by atoms with Crippen LogP contribution >= 0.6 is 7.37 Å². The molecule has 0 aromatic heterocycles. The van der Waals surface area contributed by atoms with Gasteiger partial charge in [0.15, 0.2) is 0 Å². The van der Waals surface area contributed by atoms with E-state index in [2.05, 4.69) is 25.1 Å². The third-order valence-electron chi connectivity index (χ3n) is 6.62. The fraction of sp³-hybridized carbons (Fsp3) is 0.393. The first-order valence-electron chi connectivity index (χ1n) is 11.9. The normalized spacial score (nSPS) is 16.1. The first-order valence-corrected chi connectivity index (χ1v) is 13.8. The topological polar surface area (TPSA) is 74.6 Å². The molecule has 0 radical (unpaired) electrons. The second-order valence-electron chi connectivity index (χ2n) is 9.11. The van der Waals surface area contributed by atoms with Crippen molar-refractivity contribution in [3.63, 3.8) is 0 Å². The summed E-state index contributed by atoms with van der Waals surface area (Å²) in [6, 6.07) is 23.4. The van der Waals surface area contributed by atoms with Crippen molar-refractivity contribution in [1.82, 2.24) is 0 Å². The Bertz CT molecular complexity index is 1090. The van der Waals surface area contributed by atoms with Crippen LogP contribution in [0.1, 0.15) is 63.0 Å². The minimum atomic E-state index is -3.75. The van der Waals surface area contributed by atoms with Crippen LogP contribution in [0.25, 0.3) is 10.8 Å². The fourth-order valence-electron chi connectivity index (χ4n) is 4.86. The minimum absolute atomic E-state index is 0.0110. The van der Waals surface area contributed by atoms with Crippen molar-refractivity contribution in [2.75, 3.05) is 0 Å². The third-order valence-corrected chi connectivity index (χ3v) is 9.09. The molecule has 0 amide bonds.